The maximum absolute atomic E-state index is 9.09. The summed E-state index contributed by atoms with van der Waals surface area (Å²) >= 11 is 4.60. The van der Waals surface area contributed by atoms with Crippen molar-refractivity contribution in [2.75, 3.05) is 6.16 Å². The molecule has 0 fully saturated rings. The third-order valence-electron chi connectivity index (χ3n) is 3.80. The third kappa shape index (κ3) is 18.6. The zero-order valence-corrected chi connectivity index (χ0v) is 15.1. The van der Waals surface area contributed by atoms with E-state index < -0.39 is 6.49 Å². The first-order valence-corrected chi connectivity index (χ1v) is 11.5. The van der Waals surface area contributed by atoms with Gasteiger partial charge in [-0.05, 0) is 18.2 Å². The fourth-order valence-electron chi connectivity index (χ4n) is 2.51. The van der Waals surface area contributed by atoms with Gasteiger partial charge in [-0.15, -0.1) is 0 Å². The van der Waals surface area contributed by atoms with Gasteiger partial charge in [0, 0.05) is 6.16 Å². The lowest BCUT2D eigenvalue weighted by Crippen LogP contribution is -1.88. The lowest BCUT2D eigenvalue weighted by atomic mass is 10.0. The van der Waals surface area contributed by atoms with E-state index in [0.717, 1.165) is 12.8 Å². The molecule has 0 heterocycles. The van der Waals surface area contributed by atoms with Crippen molar-refractivity contribution in [3.05, 3.63) is 0 Å². The van der Waals surface area contributed by atoms with E-state index in [-0.39, 0.29) is 0 Å². The van der Waals surface area contributed by atoms with E-state index in [1.54, 1.807) is 0 Å². The van der Waals surface area contributed by atoms with Gasteiger partial charge in [0.1, 0.15) is 0 Å². The van der Waals surface area contributed by atoms with Crippen LogP contribution in [0, 0.1) is 0 Å². The molecule has 0 amide bonds. The molecule has 2 N–H and O–H groups in total. The van der Waals surface area contributed by atoms with E-state index >= 15 is 0 Å². The first-order valence-electron chi connectivity index (χ1n) is 8.61. The van der Waals surface area contributed by atoms with Crippen molar-refractivity contribution in [2.45, 2.75) is 96.8 Å². The standard InChI is InChI=1S/C16H35O2PS/c1-2-3-4-5-6-7-8-9-10-11-12-13-14-15-16-19(17,18)20/h2-16H2,1H3,(H2,17,18,20). The Bertz CT molecular complexity index is 241. The predicted octanol–water partition coefficient (Wildman–Crippen LogP) is 5.76. The van der Waals surface area contributed by atoms with Crippen LogP contribution in [0.1, 0.15) is 96.8 Å². The molecule has 0 aliphatic carbocycles. The molecule has 0 aromatic heterocycles. The molecule has 2 nitrogen and oxygen atoms in total. The fraction of sp³-hybridized carbons (Fsp3) is 1.00. The van der Waals surface area contributed by atoms with Crippen LogP contribution in [0.4, 0.5) is 0 Å². The topological polar surface area (TPSA) is 40.5 Å². The van der Waals surface area contributed by atoms with Gasteiger partial charge < -0.3 is 9.79 Å². The van der Waals surface area contributed by atoms with Gasteiger partial charge in [0.2, 0.25) is 0 Å². The quantitative estimate of drug-likeness (QED) is 0.297. The molecule has 0 aromatic carbocycles. The molecule has 0 aromatic rings. The van der Waals surface area contributed by atoms with Crippen molar-refractivity contribution >= 4 is 18.3 Å². The van der Waals surface area contributed by atoms with Crippen LogP contribution in [0.25, 0.3) is 0 Å². The maximum Gasteiger partial charge on any atom is 0.183 e. The average Bonchev–Trinajstić information content (AvgIpc) is 2.38. The van der Waals surface area contributed by atoms with Gasteiger partial charge in [-0.3, -0.25) is 0 Å². The van der Waals surface area contributed by atoms with Gasteiger partial charge in [0.25, 0.3) is 0 Å². The molecular formula is C16H35O2PS. The minimum atomic E-state index is -2.92. The molecule has 20 heavy (non-hydrogen) atoms. The molecule has 0 radical (unpaired) electrons. The molecule has 122 valence electrons. The van der Waals surface area contributed by atoms with Crippen LogP contribution in [0.3, 0.4) is 0 Å². The van der Waals surface area contributed by atoms with E-state index in [4.69, 9.17) is 9.79 Å². The lowest BCUT2D eigenvalue weighted by Gasteiger charge is -2.06. The Morgan fingerprint density at radius 1 is 0.600 bits per heavy atom. The Labute approximate surface area is 131 Å². The summed E-state index contributed by atoms with van der Waals surface area (Å²) in [7, 11) is 0. The van der Waals surface area contributed by atoms with E-state index in [1.807, 2.05) is 0 Å². The maximum atomic E-state index is 9.09. The fourth-order valence-corrected chi connectivity index (χ4v) is 3.54. The Kier molecular flexibility index (Phi) is 14.9. The van der Waals surface area contributed by atoms with Crippen molar-refractivity contribution < 1.29 is 9.79 Å². The Hall–Kier alpha value is 0.570. The largest absolute Gasteiger partial charge is 0.345 e. The van der Waals surface area contributed by atoms with E-state index in [0.29, 0.717) is 6.16 Å². The molecule has 0 atom stereocenters. The van der Waals surface area contributed by atoms with Crippen LogP contribution in [-0.4, -0.2) is 15.9 Å². The second-order valence-electron chi connectivity index (χ2n) is 5.98. The smallest absolute Gasteiger partial charge is 0.183 e. The highest BCUT2D eigenvalue weighted by molar-refractivity contribution is 8.09. The summed E-state index contributed by atoms with van der Waals surface area (Å²) in [5, 5.41) is 0. The van der Waals surface area contributed by atoms with Crippen molar-refractivity contribution in [3.8, 4) is 0 Å². The summed E-state index contributed by atoms with van der Waals surface area (Å²) in [4.78, 5) is 18.2. The summed E-state index contributed by atoms with van der Waals surface area (Å²) < 4.78 is 0. The molecule has 0 bridgehead atoms. The van der Waals surface area contributed by atoms with Crippen molar-refractivity contribution in [1.29, 1.82) is 0 Å². The van der Waals surface area contributed by atoms with Crippen LogP contribution >= 0.6 is 6.49 Å². The molecule has 0 rings (SSSR count). The summed E-state index contributed by atoms with van der Waals surface area (Å²) in [5.41, 5.74) is 0. The number of hydrogen-bond donors (Lipinski definition) is 2. The molecular weight excluding hydrogens is 287 g/mol. The normalized spacial score (nSPS) is 11.9. The molecule has 0 saturated carbocycles. The Balaban J connectivity index is 3.01. The van der Waals surface area contributed by atoms with Crippen molar-refractivity contribution in [1.82, 2.24) is 0 Å². The highest BCUT2D eigenvalue weighted by atomic mass is 32.5. The zero-order chi connectivity index (χ0) is 15.1. The van der Waals surface area contributed by atoms with Crippen LogP contribution in [-0.2, 0) is 11.8 Å². The van der Waals surface area contributed by atoms with Gasteiger partial charge in [-0.25, -0.2) is 0 Å². The van der Waals surface area contributed by atoms with Crippen molar-refractivity contribution in [2.24, 2.45) is 0 Å². The molecule has 4 heteroatoms. The first-order chi connectivity index (χ1) is 9.56. The number of hydrogen-bond acceptors (Lipinski definition) is 1. The van der Waals surface area contributed by atoms with Crippen LogP contribution in [0.5, 0.6) is 0 Å². The monoisotopic (exact) mass is 322 g/mol. The Morgan fingerprint density at radius 2 is 0.900 bits per heavy atom. The third-order valence-corrected chi connectivity index (χ3v) is 5.25. The van der Waals surface area contributed by atoms with E-state index in [9.17, 15) is 0 Å². The lowest BCUT2D eigenvalue weighted by molar-refractivity contribution is 0.473. The molecule has 0 aliphatic heterocycles. The minimum Gasteiger partial charge on any atom is -0.345 e. The predicted molar refractivity (Wildman–Crippen MR) is 93.9 cm³/mol. The number of unbranched alkanes of at least 4 members (excludes halogenated alkanes) is 13. The zero-order valence-electron chi connectivity index (χ0n) is 13.4. The first kappa shape index (κ1) is 20.6. The van der Waals surface area contributed by atoms with Crippen LogP contribution in [0.2, 0.25) is 0 Å². The SMILES string of the molecule is CCCCCCCCCCCCCCCCP(O)(O)=S. The van der Waals surface area contributed by atoms with Gasteiger partial charge in [-0.1, -0.05) is 90.4 Å². The highest BCUT2D eigenvalue weighted by Gasteiger charge is 2.05. The summed E-state index contributed by atoms with van der Waals surface area (Å²) in [5.74, 6) is 0. The van der Waals surface area contributed by atoms with E-state index in [1.165, 1.54) is 77.0 Å². The van der Waals surface area contributed by atoms with E-state index in [2.05, 4.69) is 18.7 Å². The molecule has 0 spiro atoms. The van der Waals surface area contributed by atoms with Gasteiger partial charge in [0.05, 0.1) is 0 Å². The highest BCUT2D eigenvalue weighted by Crippen LogP contribution is 2.36. The number of rotatable bonds is 15. The summed E-state index contributed by atoms with van der Waals surface area (Å²) in [6.07, 6.45) is 18.8. The Morgan fingerprint density at radius 3 is 1.20 bits per heavy atom. The van der Waals surface area contributed by atoms with Crippen LogP contribution in [0.15, 0.2) is 0 Å². The summed E-state index contributed by atoms with van der Waals surface area (Å²) in [6.45, 7) is -0.650. The second-order valence-corrected chi connectivity index (χ2v) is 9.52. The van der Waals surface area contributed by atoms with Crippen molar-refractivity contribution in [3.63, 3.8) is 0 Å². The summed E-state index contributed by atoms with van der Waals surface area (Å²) in [6, 6.07) is 0. The van der Waals surface area contributed by atoms with Crippen LogP contribution < -0.4 is 0 Å². The second kappa shape index (κ2) is 14.5. The van der Waals surface area contributed by atoms with Gasteiger partial charge in [-0.2, -0.15) is 0 Å². The molecule has 0 unspecified atom stereocenters. The average molecular weight is 322 g/mol. The molecule has 0 saturated heterocycles. The molecule has 0 aliphatic rings. The minimum absolute atomic E-state index is 0.431. The van der Waals surface area contributed by atoms with Gasteiger partial charge >= 0.3 is 0 Å². The van der Waals surface area contributed by atoms with Gasteiger partial charge in [0.15, 0.2) is 6.49 Å².